The lowest BCUT2D eigenvalue weighted by Gasteiger charge is -2.28. The number of benzene rings is 1. The fourth-order valence-electron chi connectivity index (χ4n) is 2.98. The van der Waals surface area contributed by atoms with Crippen molar-refractivity contribution in [2.24, 2.45) is 0 Å². The summed E-state index contributed by atoms with van der Waals surface area (Å²) in [6.45, 7) is 0.571. The second kappa shape index (κ2) is 6.01. The number of carbonyl (C=O) groups is 1. The summed E-state index contributed by atoms with van der Waals surface area (Å²) in [6.07, 6.45) is 2.14. The van der Waals surface area contributed by atoms with Crippen molar-refractivity contribution in [3.8, 4) is 0 Å². The van der Waals surface area contributed by atoms with Gasteiger partial charge < -0.3 is 10.2 Å². The first kappa shape index (κ1) is 15.3. The summed E-state index contributed by atoms with van der Waals surface area (Å²) in [5.41, 5.74) is 1.75. The minimum atomic E-state index is -0.499. The third-order valence-corrected chi connectivity index (χ3v) is 4.28. The van der Waals surface area contributed by atoms with Gasteiger partial charge in [0.2, 0.25) is 0 Å². The fourth-order valence-corrected chi connectivity index (χ4v) is 2.98. The summed E-state index contributed by atoms with van der Waals surface area (Å²) in [5.74, 6) is -0.499. The Morgan fingerprint density at radius 2 is 1.96 bits per heavy atom. The number of anilines is 1. The summed E-state index contributed by atoms with van der Waals surface area (Å²) in [5, 5.41) is 2.55. The van der Waals surface area contributed by atoms with Crippen LogP contribution in [-0.4, -0.2) is 26.9 Å². The first-order valence-electron chi connectivity index (χ1n) is 7.93. The van der Waals surface area contributed by atoms with Crippen molar-refractivity contribution in [1.82, 2.24) is 14.3 Å². The lowest BCUT2D eigenvalue weighted by atomic mass is 10.1. The van der Waals surface area contributed by atoms with E-state index in [0.717, 1.165) is 0 Å². The normalized spacial score (nSPS) is 13.6. The molecule has 4 rings (SSSR count). The maximum atomic E-state index is 13.7. The van der Waals surface area contributed by atoms with Crippen molar-refractivity contribution in [1.29, 1.82) is 0 Å². The standard InChI is InChI=1S/C18H15FN4O2/c19-13-5-1-2-6-15(13)21-18(25)22-10-8-14-12(11-22)17(24)23-9-4-3-7-16(23)20-14/h1-7,9H,8,10-11H2,(H,21,25). The van der Waals surface area contributed by atoms with Gasteiger partial charge >= 0.3 is 6.03 Å². The molecule has 1 N–H and O–H groups in total. The Bertz CT molecular complexity index is 1030. The maximum Gasteiger partial charge on any atom is 0.322 e. The molecule has 1 aliphatic rings. The number of nitrogens with one attached hydrogen (secondary N) is 1. The highest BCUT2D eigenvalue weighted by Gasteiger charge is 2.25. The molecule has 25 heavy (non-hydrogen) atoms. The molecule has 0 saturated heterocycles. The molecule has 0 unspecified atom stereocenters. The number of pyridine rings is 1. The number of fused-ring (bicyclic) bond motifs is 2. The monoisotopic (exact) mass is 338 g/mol. The van der Waals surface area contributed by atoms with Gasteiger partial charge in [0.25, 0.3) is 5.56 Å². The van der Waals surface area contributed by atoms with Crippen molar-refractivity contribution >= 4 is 17.4 Å². The van der Waals surface area contributed by atoms with Gasteiger partial charge in [-0.2, -0.15) is 0 Å². The molecular formula is C18H15FN4O2. The van der Waals surface area contributed by atoms with Gasteiger partial charge in [-0.1, -0.05) is 18.2 Å². The molecule has 0 spiro atoms. The Hall–Kier alpha value is -3.22. The smallest absolute Gasteiger partial charge is 0.320 e. The maximum absolute atomic E-state index is 13.7. The van der Waals surface area contributed by atoms with Crippen LogP contribution in [-0.2, 0) is 13.0 Å². The van der Waals surface area contributed by atoms with E-state index in [1.165, 1.54) is 21.4 Å². The lowest BCUT2D eigenvalue weighted by Crippen LogP contribution is -2.42. The predicted octanol–water partition coefficient (Wildman–Crippen LogP) is 2.42. The number of carbonyl (C=O) groups excluding carboxylic acids is 1. The zero-order chi connectivity index (χ0) is 17.4. The van der Waals surface area contributed by atoms with Crippen LogP contribution in [0.2, 0.25) is 0 Å². The Morgan fingerprint density at radius 1 is 1.16 bits per heavy atom. The molecule has 0 atom stereocenters. The molecule has 1 aliphatic heterocycles. The predicted molar refractivity (Wildman–Crippen MR) is 91.0 cm³/mol. The zero-order valence-corrected chi connectivity index (χ0v) is 13.3. The molecule has 0 aliphatic carbocycles. The summed E-state index contributed by atoms with van der Waals surface area (Å²) >= 11 is 0. The highest BCUT2D eigenvalue weighted by Crippen LogP contribution is 2.18. The molecule has 3 aromatic rings. The van der Waals surface area contributed by atoms with Crippen LogP contribution in [0, 0.1) is 5.82 Å². The first-order valence-corrected chi connectivity index (χ1v) is 7.93. The van der Waals surface area contributed by atoms with Crippen LogP contribution in [0.1, 0.15) is 11.3 Å². The number of para-hydroxylation sites is 1. The average Bonchev–Trinajstić information content (AvgIpc) is 2.63. The van der Waals surface area contributed by atoms with Gasteiger partial charge in [-0.05, 0) is 24.3 Å². The van der Waals surface area contributed by atoms with E-state index >= 15 is 0 Å². The summed E-state index contributed by atoms with van der Waals surface area (Å²) < 4.78 is 15.2. The summed E-state index contributed by atoms with van der Waals surface area (Å²) in [4.78, 5) is 31.1. The van der Waals surface area contributed by atoms with Gasteiger partial charge in [-0.25, -0.2) is 14.2 Å². The van der Waals surface area contributed by atoms with E-state index in [9.17, 15) is 14.0 Å². The van der Waals surface area contributed by atoms with Crippen molar-refractivity contribution < 1.29 is 9.18 Å². The number of rotatable bonds is 1. The van der Waals surface area contributed by atoms with Crippen LogP contribution < -0.4 is 10.9 Å². The minimum Gasteiger partial charge on any atom is -0.320 e. The van der Waals surface area contributed by atoms with Crippen LogP contribution in [0.4, 0.5) is 14.9 Å². The van der Waals surface area contributed by atoms with Gasteiger partial charge in [0, 0.05) is 19.2 Å². The number of hydrogen-bond acceptors (Lipinski definition) is 3. The van der Waals surface area contributed by atoms with E-state index < -0.39 is 11.8 Å². The number of aromatic nitrogens is 2. The van der Waals surface area contributed by atoms with Crippen LogP contribution in [0.25, 0.3) is 5.65 Å². The third-order valence-electron chi connectivity index (χ3n) is 4.28. The number of nitrogens with zero attached hydrogens (tertiary/aromatic N) is 3. The molecule has 0 radical (unpaired) electrons. The highest BCUT2D eigenvalue weighted by molar-refractivity contribution is 5.89. The molecule has 0 fully saturated rings. The Balaban J connectivity index is 1.62. The fraction of sp³-hybridized carbons (Fsp3) is 0.167. The zero-order valence-electron chi connectivity index (χ0n) is 13.3. The number of halogens is 1. The Morgan fingerprint density at radius 3 is 2.80 bits per heavy atom. The van der Waals surface area contributed by atoms with Gasteiger partial charge in [0.05, 0.1) is 23.5 Å². The Kier molecular flexibility index (Phi) is 3.68. The van der Waals surface area contributed by atoms with E-state index in [-0.39, 0.29) is 17.8 Å². The van der Waals surface area contributed by atoms with Crippen LogP contribution in [0.5, 0.6) is 0 Å². The quantitative estimate of drug-likeness (QED) is 0.741. The SMILES string of the molecule is O=C(Nc1ccccc1F)N1CCc2nc3ccccn3c(=O)c2C1. The molecule has 126 valence electrons. The topological polar surface area (TPSA) is 66.7 Å². The molecule has 1 aromatic carbocycles. The average molecular weight is 338 g/mol. The Labute approximate surface area is 142 Å². The second-order valence-corrected chi connectivity index (χ2v) is 5.85. The van der Waals surface area contributed by atoms with Crippen molar-refractivity contribution in [2.45, 2.75) is 13.0 Å². The highest BCUT2D eigenvalue weighted by atomic mass is 19.1. The summed E-state index contributed by atoms with van der Waals surface area (Å²) in [6, 6.07) is 10.9. The largest absolute Gasteiger partial charge is 0.322 e. The number of urea groups is 1. The van der Waals surface area contributed by atoms with E-state index in [0.29, 0.717) is 29.9 Å². The van der Waals surface area contributed by atoms with E-state index in [4.69, 9.17) is 0 Å². The van der Waals surface area contributed by atoms with Crippen LogP contribution >= 0.6 is 0 Å². The van der Waals surface area contributed by atoms with Gasteiger partial charge in [0.15, 0.2) is 0 Å². The summed E-state index contributed by atoms with van der Waals surface area (Å²) in [7, 11) is 0. The molecule has 7 heteroatoms. The molecular weight excluding hydrogens is 323 g/mol. The number of hydrogen-bond donors (Lipinski definition) is 1. The second-order valence-electron chi connectivity index (χ2n) is 5.85. The van der Waals surface area contributed by atoms with Crippen LogP contribution in [0.15, 0.2) is 53.5 Å². The molecule has 2 amide bonds. The van der Waals surface area contributed by atoms with E-state index in [2.05, 4.69) is 10.3 Å². The van der Waals surface area contributed by atoms with Gasteiger partial charge in [-0.15, -0.1) is 0 Å². The molecule has 3 heterocycles. The molecule has 0 bridgehead atoms. The lowest BCUT2D eigenvalue weighted by molar-refractivity contribution is 0.205. The van der Waals surface area contributed by atoms with Gasteiger partial charge in [-0.3, -0.25) is 9.20 Å². The van der Waals surface area contributed by atoms with Crippen molar-refractivity contribution in [2.75, 3.05) is 11.9 Å². The van der Waals surface area contributed by atoms with Gasteiger partial charge in [0.1, 0.15) is 11.5 Å². The third kappa shape index (κ3) is 2.73. The van der Waals surface area contributed by atoms with E-state index in [1.807, 2.05) is 6.07 Å². The molecule has 0 saturated carbocycles. The molecule has 2 aromatic heterocycles. The molecule has 6 nitrogen and oxygen atoms in total. The number of amides is 2. The first-order chi connectivity index (χ1) is 12.1. The minimum absolute atomic E-state index is 0.117. The van der Waals surface area contributed by atoms with E-state index in [1.54, 1.807) is 30.5 Å². The van der Waals surface area contributed by atoms with Crippen molar-refractivity contribution in [3.63, 3.8) is 0 Å². The van der Waals surface area contributed by atoms with Crippen molar-refractivity contribution in [3.05, 3.63) is 76.1 Å². The van der Waals surface area contributed by atoms with Crippen LogP contribution in [0.3, 0.4) is 0 Å².